The topological polar surface area (TPSA) is 65.5 Å². The van der Waals surface area contributed by atoms with Gasteiger partial charge in [-0.15, -0.1) is 0 Å². The van der Waals surface area contributed by atoms with Crippen molar-refractivity contribution in [2.45, 2.75) is 13.8 Å². The van der Waals surface area contributed by atoms with Crippen LogP contribution in [-0.2, 0) is 10.2 Å². The molecule has 2 rings (SSSR count). The minimum Gasteiger partial charge on any atom is -0.300 e. The van der Waals surface area contributed by atoms with Crippen molar-refractivity contribution in [2.24, 2.45) is 0 Å². The molecule has 20 heavy (non-hydrogen) atoms. The predicted octanol–water partition coefficient (Wildman–Crippen LogP) is 0.970. The maximum atomic E-state index is 12.2. The summed E-state index contributed by atoms with van der Waals surface area (Å²) in [5, 5.41) is 0. The first-order chi connectivity index (χ1) is 9.47. The van der Waals surface area contributed by atoms with Crippen LogP contribution in [0.15, 0.2) is 24.5 Å². The van der Waals surface area contributed by atoms with E-state index in [4.69, 9.17) is 0 Å². The van der Waals surface area contributed by atoms with E-state index < -0.39 is 10.2 Å². The summed E-state index contributed by atoms with van der Waals surface area (Å²) in [6.07, 6.45) is 3.11. The van der Waals surface area contributed by atoms with E-state index in [9.17, 15) is 8.42 Å². The molecule has 1 aliphatic rings. The third-order valence-electron chi connectivity index (χ3n) is 3.12. The van der Waals surface area contributed by atoms with Crippen molar-refractivity contribution in [1.82, 2.24) is 14.2 Å². The average Bonchev–Trinajstić information content (AvgIpc) is 2.39. The van der Waals surface area contributed by atoms with Crippen molar-refractivity contribution in [3.63, 3.8) is 0 Å². The zero-order valence-corrected chi connectivity index (χ0v) is 12.7. The summed E-state index contributed by atoms with van der Waals surface area (Å²) in [6, 6.07) is 3.39. The highest BCUT2D eigenvalue weighted by Gasteiger charge is 2.26. The second-order valence-corrected chi connectivity index (χ2v) is 6.90. The predicted molar refractivity (Wildman–Crippen MR) is 79.4 cm³/mol. The number of piperazine rings is 1. The molecule has 1 aromatic rings. The van der Waals surface area contributed by atoms with E-state index in [0.717, 1.165) is 19.6 Å². The fraction of sp³-hybridized carbons (Fsp3) is 0.538. The Hall–Kier alpha value is -1.18. The summed E-state index contributed by atoms with van der Waals surface area (Å²) in [4.78, 5) is 6.17. The molecule has 1 aromatic heterocycles. The second-order valence-electron chi connectivity index (χ2n) is 5.23. The fourth-order valence-electron chi connectivity index (χ4n) is 2.21. The lowest BCUT2D eigenvalue weighted by atomic mass is 10.2. The van der Waals surface area contributed by atoms with E-state index in [0.29, 0.717) is 18.8 Å². The molecule has 0 aliphatic carbocycles. The number of hydrogen-bond acceptors (Lipinski definition) is 4. The van der Waals surface area contributed by atoms with E-state index in [1.807, 2.05) is 0 Å². The van der Waals surface area contributed by atoms with Crippen LogP contribution >= 0.6 is 0 Å². The van der Waals surface area contributed by atoms with Gasteiger partial charge in [0.2, 0.25) is 0 Å². The first kappa shape index (κ1) is 15.2. The van der Waals surface area contributed by atoms with Crippen LogP contribution in [0, 0.1) is 5.92 Å². The standard InChI is InChI=1S/C13H21N4O2S/c1-12(2)11-16-6-8-17(9-7-16)20(18,19)15-13-4-3-5-14-10-13/h3-5,10,15H,6-9,11H2,1-2H3. The SMILES string of the molecule is C[C](C)CN1CCN(S(=O)(=O)Nc2cccnc2)CC1. The highest BCUT2D eigenvalue weighted by molar-refractivity contribution is 7.90. The van der Waals surface area contributed by atoms with Gasteiger partial charge in [-0.2, -0.15) is 12.7 Å². The summed E-state index contributed by atoms with van der Waals surface area (Å²) in [5.41, 5.74) is 0.493. The zero-order valence-electron chi connectivity index (χ0n) is 11.9. The van der Waals surface area contributed by atoms with Gasteiger partial charge in [-0.05, 0) is 18.1 Å². The maximum absolute atomic E-state index is 12.2. The first-order valence-corrected chi connectivity index (χ1v) is 8.11. The molecule has 7 heteroatoms. The van der Waals surface area contributed by atoms with Gasteiger partial charge < -0.3 is 4.90 Å². The lowest BCUT2D eigenvalue weighted by Crippen LogP contribution is -2.50. The van der Waals surface area contributed by atoms with Gasteiger partial charge >= 0.3 is 10.2 Å². The van der Waals surface area contributed by atoms with Gasteiger partial charge in [-0.25, -0.2) is 0 Å². The van der Waals surface area contributed by atoms with Gasteiger partial charge in [0, 0.05) is 38.9 Å². The van der Waals surface area contributed by atoms with Crippen molar-refractivity contribution in [1.29, 1.82) is 0 Å². The van der Waals surface area contributed by atoms with Crippen molar-refractivity contribution in [2.75, 3.05) is 37.4 Å². The molecular weight excluding hydrogens is 276 g/mol. The van der Waals surface area contributed by atoms with E-state index in [-0.39, 0.29) is 0 Å². The average molecular weight is 297 g/mol. The molecule has 0 amide bonds. The molecule has 6 nitrogen and oxygen atoms in total. The van der Waals surface area contributed by atoms with Gasteiger partial charge in [0.05, 0.1) is 11.9 Å². The van der Waals surface area contributed by atoms with E-state index in [1.165, 1.54) is 16.4 Å². The monoisotopic (exact) mass is 297 g/mol. The summed E-state index contributed by atoms with van der Waals surface area (Å²) in [7, 11) is -3.48. The number of pyridine rings is 1. The van der Waals surface area contributed by atoms with Gasteiger partial charge in [-0.3, -0.25) is 9.71 Å². The normalized spacial score (nSPS) is 18.4. The van der Waals surface area contributed by atoms with Gasteiger partial charge in [0.1, 0.15) is 0 Å². The molecule has 2 heterocycles. The molecular formula is C13H21N4O2S. The number of hydrogen-bond donors (Lipinski definition) is 1. The highest BCUT2D eigenvalue weighted by atomic mass is 32.2. The lowest BCUT2D eigenvalue weighted by Gasteiger charge is -2.34. The second kappa shape index (κ2) is 6.51. The Balaban J connectivity index is 1.92. The maximum Gasteiger partial charge on any atom is 0.301 e. The number of rotatable bonds is 5. The number of nitrogens with zero attached hydrogens (tertiary/aromatic N) is 3. The third-order valence-corrected chi connectivity index (χ3v) is 4.66. The quantitative estimate of drug-likeness (QED) is 0.879. The van der Waals surface area contributed by atoms with Crippen molar-refractivity contribution < 1.29 is 8.42 Å². The molecule has 0 bridgehead atoms. The lowest BCUT2D eigenvalue weighted by molar-refractivity contribution is 0.195. The molecule has 1 N–H and O–H groups in total. The van der Waals surface area contributed by atoms with Crippen LogP contribution in [0.5, 0.6) is 0 Å². The van der Waals surface area contributed by atoms with E-state index >= 15 is 0 Å². The van der Waals surface area contributed by atoms with Crippen molar-refractivity contribution >= 4 is 15.9 Å². The molecule has 1 saturated heterocycles. The van der Waals surface area contributed by atoms with Crippen LogP contribution in [0.25, 0.3) is 0 Å². The van der Waals surface area contributed by atoms with Crippen molar-refractivity contribution in [3.05, 3.63) is 30.4 Å². The minimum atomic E-state index is -3.48. The summed E-state index contributed by atoms with van der Waals surface area (Å²) >= 11 is 0. The molecule has 0 atom stereocenters. The Morgan fingerprint density at radius 2 is 2.00 bits per heavy atom. The molecule has 0 spiro atoms. The van der Waals surface area contributed by atoms with Gasteiger partial charge in [-0.1, -0.05) is 13.8 Å². The third kappa shape index (κ3) is 4.16. The molecule has 0 unspecified atom stereocenters. The van der Waals surface area contributed by atoms with E-state index in [1.54, 1.807) is 18.3 Å². The summed E-state index contributed by atoms with van der Waals surface area (Å²) in [5.74, 6) is 1.34. The number of anilines is 1. The van der Waals surface area contributed by atoms with Crippen LogP contribution in [-0.4, -0.2) is 55.3 Å². The zero-order chi connectivity index (χ0) is 14.6. The Bertz CT molecular complexity index is 510. The molecule has 0 aromatic carbocycles. The van der Waals surface area contributed by atoms with Crippen LogP contribution in [0.2, 0.25) is 0 Å². The summed E-state index contributed by atoms with van der Waals surface area (Å²) in [6.45, 7) is 7.67. The first-order valence-electron chi connectivity index (χ1n) is 6.67. The Labute approximate surface area is 121 Å². The number of nitrogens with one attached hydrogen (secondary N) is 1. The largest absolute Gasteiger partial charge is 0.301 e. The van der Waals surface area contributed by atoms with Crippen LogP contribution < -0.4 is 4.72 Å². The number of aromatic nitrogens is 1. The minimum absolute atomic E-state index is 0.493. The van der Waals surface area contributed by atoms with Gasteiger partial charge in [0.25, 0.3) is 0 Å². The van der Waals surface area contributed by atoms with Gasteiger partial charge in [0.15, 0.2) is 0 Å². The fourth-order valence-corrected chi connectivity index (χ4v) is 3.40. The Morgan fingerprint density at radius 1 is 1.30 bits per heavy atom. The van der Waals surface area contributed by atoms with E-state index in [2.05, 4.69) is 28.5 Å². The smallest absolute Gasteiger partial charge is 0.300 e. The Morgan fingerprint density at radius 3 is 2.55 bits per heavy atom. The molecule has 111 valence electrons. The van der Waals surface area contributed by atoms with Crippen LogP contribution in [0.1, 0.15) is 13.8 Å². The molecule has 0 saturated carbocycles. The molecule has 1 radical (unpaired) electrons. The Kier molecular flexibility index (Phi) is 4.95. The molecule has 1 aliphatic heterocycles. The van der Waals surface area contributed by atoms with Crippen LogP contribution in [0.4, 0.5) is 5.69 Å². The summed E-state index contributed by atoms with van der Waals surface area (Å²) < 4.78 is 28.5. The highest BCUT2D eigenvalue weighted by Crippen LogP contribution is 2.13. The van der Waals surface area contributed by atoms with Crippen LogP contribution in [0.3, 0.4) is 0 Å². The molecule has 1 fully saturated rings. The van der Waals surface area contributed by atoms with Crippen molar-refractivity contribution in [3.8, 4) is 0 Å².